The molecule has 3 aromatic heterocycles. The molecule has 0 saturated carbocycles. The molecule has 0 atom stereocenters. The van der Waals surface area contributed by atoms with Crippen LogP contribution in [0, 0.1) is 13.8 Å². The van der Waals surface area contributed by atoms with E-state index >= 15 is 0 Å². The van der Waals surface area contributed by atoms with Gasteiger partial charge >= 0.3 is 0 Å². The van der Waals surface area contributed by atoms with Crippen molar-refractivity contribution in [2.75, 3.05) is 11.9 Å². The van der Waals surface area contributed by atoms with E-state index < -0.39 is 0 Å². The first kappa shape index (κ1) is 16.1. The van der Waals surface area contributed by atoms with Crippen molar-refractivity contribution in [1.29, 1.82) is 0 Å². The van der Waals surface area contributed by atoms with Crippen LogP contribution >= 0.6 is 0 Å². The maximum Gasteiger partial charge on any atom is 0.183 e. The van der Waals surface area contributed by atoms with Crippen LogP contribution in [0.3, 0.4) is 0 Å². The van der Waals surface area contributed by atoms with Crippen molar-refractivity contribution in [1.82, 2.24) is 25.1 Å². The summed E-state index contributed by atoms with van der Waals surface area (Å²) in [6.07, 6.45) is 2.39. The molecule has 3 heterocycles. The van der Waals surface area contributed by atoms with Gasteiger partial charge in [0.05, 0.1) is 17.6 Å². The van der Waals surface area contributed by atoms with Crippen LogP contribution in [0.4, 0.5) is 5.82 Å². The first-order chi connectivity index (χ1) is 12.6. The van der Waals surface area contributed by atoms with Gasteiger partial charge in [0.25, 0.3) is 0 Å². The number of nitrogens with zero attached hydrogens (tertiary/aromatic N) is 4. The van der Waals surface area contributed by atoms with Crippen LogP contribution in [0.25, 0.3) is 22.6 Å². The molecule has 0 radical (unpaired) electrons. The van der Waals surface area contributed by atoms with E-state index in [0.29, 0.717) is 29.6 Å². The van der Waals surface area contributed by atoms with Gasteiger partial charge in [-0.1, -0.05) is 17.3 Å². The van der Waals surface area contributed by atoms with Crippen molar-refractivity contribution in [3.8, 4) is 17.1 Å². The molecular weight excluding hydrogens is 332 g/mol. The third-order valence-electron chi connectivity index (χ3n) is 4.19. The Hall–Kier alpha value is -3.42. The van der Waals surface area contributed by atoms with E-state index in [4.69, 9.17) is 4.52 Å². The second-order valence-corrected chi connectivity index (χ2v) is 6.04. The Morgan fingerprint density at radius 1 is 1.15 bits per heavy atom. The van der Waals surface area contributed by atoms with Crippen LogP contribution in [0.5, 0.6) is 5.75 Å². The fourth-order valence-corrected chi connectivity index (χ4v) is 2.86. The number of hydrogen-bond acceptors (Lipinski definition) is 7. The van der Waals surface area contributed by atoms with Crippen molar-refractivity contribution in [3.63, 3.8) is 0 Å². The molecule has 4 aromatic rings. The number of benzene rings is 1. The van der Waals surface area contributed by atoms with Crippen molar-refractivity contribution < 1.29 is 9.63 Å². The lowest BCUT2D eigenvalue weighted by atomic mass is 10.1. The fourth-order valence-electron chi connectivity index (χ4n) is 2.86. The summed E-state index contributed by atoms with van der Waals surface area (Å²) in [4.78, 5) is 16.5. The standard InChI is InChI=1S/C18H18N6O2/c1-10-14(11(2)26-24-10)16-22-17(15-18(23-16)21-9-20-15)19-8-7-12-3-5-13(25)6-4-12/h3-6,9,25H,7-8H2,1-2H3,(H2,19,20,21,22,23). The van der Waals surface area contributed by atoms with Crippen molar-refractivity contribution in [3.05, 3.63) is 47.6 Å². The molecule has 0 fully saturated rings. The number of aromatic hydroxyl groups is 1. The van der Waals surface area contributed by atoms with Crippen molar-refractivity contribution in [2.24, 2.45) is 0 Å². The molecule has 0 aliphatic heterocycles. The van der Waals surface area contributed by atoms with E-state index in [1.807, 2.05) is 26.0 Å². The third-order valence-corrected chi connectivity index (χ3v) is 4.19. The van der Waals surface area contributed by atoms with Gasteiger partial charge in [-0.05, 0) is 38.0 Å². The Kier molecular flexibility index (Phi) is 4.00. The number of aromatic nitrogens is 5. The number of phenolic OH excluding ortho intramolecular Hbond substituents is 1. The molecule has 0 saturated heterocycles. The average molecular weight is 350 g/mol. The number of fused-ring (bicyclic) bond motifs is 1. The van der Waals surface area contributed by atoms with Crippen LogP contribution in [0.15, 0.2) is 35.1 Å². The lowest BCUT2D eigenvalue weighted by Crippen LogP contribution is -2.08. The molecule has 3 N–H and O–H groups in total. The first-order valence-electron chi connectivity index (χ1n) is 8.28. The topological polar surface area (TPSA) is 113 Å². The molecule has 0 spiro atoms. The Labute approximate surface area is 149 Å². The fraction of sp³-hybridized carbons (Fsp3) is 0.222. The van der Waals surface area contributed by atoms with Crippen LogP contribution in [0.1, 0.15) is 17.0 Å². The minimum atomic E-state index is 0.265. The van der Waals surface area contributed by atoms with Crippen LogP contribution in [0.2, 0.25) is 0 Å². The lowest BCUT2D eigenvalue weighted by molar-refractivity contribution is 0.393. The van der Waals surface area contributed by atoms with Crippen LogP contribution in [-0.4, -0.2) is 36.7 Å². The summed E-state index contributed by atoms with van der Waals surface area (Å²) in [6, 6.07) is 7.17. The maximum atomic E-state index is 9.36. The highest BCUT2D eigenvalue weighted by atomic mass is 16.5. The highest BCUT2D eigenvalue weighted by molar-refractivity contribution is 5.84. The Bertz CT molecular complexity index is 1030. The number of aryl methyl sites for hydroxylation is 2. The molecule has 4 rings (SSSR count). The summed E-state index contributed by atoms with van der Waals surface area (Å²) in [6.45, 7) is 4.38. The second-order valence-electron chi connectivity index (χ2n) is 6.04. The summed E-state index contributed by atoms with van der Waals surface area (Å²) < 4.78 is 5.23. The predicted octanol–water partition coefficient (Wildman–Crippen LogP) is 2.98. The summed E-state index contributed by atoms with van der Waals surface area (Å²) in [5.74, 6) is 2.16. The van der Waals surface area contributed by atoms with Crippen molar-refractivity contribution in [2.45, 2.75) is 20.3 Å². The zero-order chi connectivity index (χ0) is 18.1. The largest absolute Gasteiger partial charge is 0.508 e. The summed E-state index contributed by atoms with van der Waals surface area (Å²) in [5.41, 5.74) is 3.99. The zero-order valence-corrected chi connectivity index (χ0v) is 14.4. The zero-order valence-electron chi connectivity index (χ0n) is 14.4. The molecular formula is C18H18N6O2. The molecule has 0 aliphatic rings. The minimum Gasteiger partial charge on any atom is -0.508 e. The number of rotatable bonds is 5. The minimum absolute atomic E-state index is 0.265. The lowest BCUT2D eigenvalue weighted by Gasteiger charge is -2.08. The number of H-pyrrole nitrogens is 1. The number of hydrogen-bond donors (Lipinski definition) is 3. The average Bonchev–Trinajstić information content (AvgIpc) is 3.23. The van der Waals surface area contributed by atoms with Gasteiger partial charge in [0.1, 0.15) is 17.0 Å². The monoisotopic (exact) mass is 350 g/mol. The Balaban J connectivity index is 1.61. The second kappa shape index (κ2) is 6.47. The van der Waals surface area contributed by atoms with Crippen LogP contribution < -0.4 is 5.32 Å². The molecule has 26 heavy (non-hydrogen) atoms. The van der Waals surface area contributed by atoms with Gasteiger partial charge in [-0.25, -0.2) is 15.0 Å². The number of nitrogens with one attached hydrogen (secondary N) is 2. The first-order valence-corrected chi connectivity index (χ1v) is 8.28. The number of phenols is 1. The van der Waals surface area contributed by atoms with E-state index in [0.717, 1.165) is 28.8 Å². The molecule has 0 amide bonds. The predicted molar refractivity (Wildman–Crippen MR) is 97.0 cm³/mol. The van der Waals surface area contributed by atoms with E-state index in [-0.39, 0.29) is 5.75 Å². The normalized spacial score (nSPS) is 11.2. The highest BCUT2D eigenvalue weighted by Crippen LogP contribution is 2.27. The van der Waals surface area contributed by atoms with Gasteiger partial charge in [0.2, 0.25) is 0 Å². The van der Waals surface area contributed by atoms with E-state index in [9.17, 15) is 5.11 Å². The molecule has 0 aliphatic carbocycles. The molecule has 0 bridgehead atoms. The quantitative estimate of drug-likeness (QED) is 0.507. The van der Waals surface area contributed by atoms with E-state index in [2.05, 4.69) is 30.4 Å². The van der Waals surface area contributed by atoms with Crippen molar-refractivity contribution >= 4 is 17.0 Å². The summed E-state index contributed by atoms with van der Waals surface area (Å²) >= 11 is 0. The van der Waals surface area contributed by atoms with Gasteiger partial charge in [0.15, 0.2) is 17.3 Å². The van der Waals surface area contributed by atoms with Gasteiger partial charge in [-0.15, -0.1) is 0 Å². The van der Waals surface area contributed by atoms with Gasteiger partial charge in [-0.3, -0.25) is 0 Å². The maximum absolute atomic E-state index is 9.36. The van der Waals surface area contributed by atoms with Crippen LogP contribution in [-0.2, 0) is 6.42 Å². The third kappa shape index (κ3) is 2.97. The SMILES string of the molecule is Cc1noc(C)c1-c1nc(NCCc2ccc(O)cc2)c2[nH]cnc2n1. The molecule has 0 unspecified atom stereocenters. The van der Waals surface area contributed by atoms with Gasteiger partial charge in [0, 0.05) is 6.54 Å². The number of imidazole rings is 1. The summed E-state index contributed by atoms with van der Waals surface area (Å²) in [5, 5.41) is 16.7. The van der Waals surface area contributed by atoms with Gasteiger partial charge < -0.3 is 19.9 Å². The molecule has 132 valence electrons. The van der Waals surface area contributed by atoms with Gasteiger partial charge in [-0.2, -0.15) is 0 Å². The molecule has 1 aromatic carbocycles. The Morgan fingerprint density at radius 2 is 1.96 bits per heavy atom. The summed E-state index contributed by atoms with van der Waals surface area (Å²) in [7, 11) is 0. The molecule has 8 nitrogen and oxygen atoms in total. The molecule has 8 heteroatoms. The number of aromatic amines is 1. The number of anilines is 1. The smallest absolute Gasteiger partial charge is 0.183 e. The highest BCUT2D eigenvalue weighted by Gasteiger charge is 2.18. The Morgan fingerprint density at radius 3 is 2.69 bits per heavy atom. The van der Waals surface area contributed by atoms with E-state index in [1.54, 1.807) is 18.5 Å². The van der Waals surface area contributed by atoms with E-state index in [1.165, 1.54) is 0 Å².